The Bertz CT molecular complexity index is 542. The van der Waals surface area contributed by atoms with Gasteiger partial charge in [0.2, 0.25) is 5.91 Å². The first kappa shape index (κ1) is 15.6. The second kappa shape index (κ2) is 6.65. The lowest BCUT2D eigenvalue weighted by Gasteiger charge is -2.14. The SMILES string of the molecule is Cc1ccc(C(=O)N[C@H](CCC(N)=O)C(=O)O)c(C)n1. The van der Waals surface area contributed by atoms with Crippen LogP contribution < -0.4 is 11.1 Å². The number of carbonyl (C=O) groups excluding carboxylic acids is 2. The highest BCUT2D eigenvalue weighted by molar-refractivity contribution is 5.97. The molecular formula is C13H17N3O4. The van der Waals surface area contributed by atoms with E-state index < -0.39 is 23.8 Å². The molecule has 7 heteroatoms. The molecule has 7 nitrogen and oxygen atoms in total. The van der Waals surface area contributed by atoms with Crippen LogP contribution in [0.3, 0.4) is 0 Å². The molecule has 0 aromatic carbocycles. The summed E-state index contributed by atoms with van der Waals surface area (Å²) >= 11 is 0. The first-order chi connectivity index (χ1) is 9.31. The average Bonchev–Trinajstić information content (AvgIpc) is 2.33. The molecule has 0 fully saturated rings. The molecule has 1 atom stereocenters. The van der Waals surface area contributed by atoms with E-state index in [0.717, 1.165) is 5.69 Å². The molecule has 0 saturated carbocycles. The lowest BCUT2D eigenvalue weighted by atomic mass is 10.1. The van der Waals surface area contributed by atoms with Gasteiger partial charge in [-0.2, -0.15) is 0 Å². The number of hydrogen-bond acceptors (Lipinski definition) is 4. The number of aryl methyl sites for hydroxylation is 2. The Balaban J connectivity index is 2.80. The predicted octanol–water partition coefficient (Wildman–Crippen LogP) is 0.147. The Morgan fingerprint density at radius 3 is 2.50 bits per heavy atom. The molecule has 1 aromatic rings. The second-order valence-electron chi connectivity index (χ2n) is 4.45. The van der Waals surface area contributed by atoms with Crippen molar-refractivity contribution in [2.24, 2.45) is 5.73 Å². The van der Waals surface area contributed by atoms with Crippen molar-refractivity contribution in [2.45, 2.75) is 32.7 Å². The largest absolute Gasteiger partial charge is 0.480 e. The third-order valence-corrected chi connectivity index (χ3v) is 2.75. The van der Waals surface area contributed by atoms with Gasteiger partial charge in [0.15, 0.2) is 0 Å². The van der Waals surface area contributed by atoms with E-state index in [1.54, 1.807) is 26.0 Å². The molecule has 0 aliphatic rings. The summed E-state index contributed by atoms with van der Waals surface area (Å²) in [5, 5.41) is 11.4. The van der Waals surface area contributed by atoms with Gasteiger partial charge >= 0.3 is 5.97 Å². The van der Waals surface area contributed by atoms with Crippen molar-refractivity contribution in [3.8, 4) is 0 Å². The molecule has 1 heterocycles. The van der Waals surface area contributed by atoms with Crippen LogP contribution in [0.4, 0.5) is 0 Å². The molecule has 0 saturated heterocycles. The third kappa shape index (κ3) is 4.34. The van der Waals surface area contributed by atoms with Crippen LogP contribution in [0.25, 0.3) is 0 Å². The monoisotopic (exact) mass is 279 g/mol. The number of carbonyl (C=O) groups is 3. The number of aliphatic carboxylic acids is 1. The van der Waals surface area contributed by atoms with Crippen LogP contribution >= 0.6 is 0 Å². The third-order valence-electron chi connectivity index (χ3n) is 2.75. The number of nitrogens with zero attached hydrogens (tertiary/aromatic N) is 1. The van der Waals surface area contributed by atoms with Crippen LogP contribution in [0.5, 0.6) is 0 Å². The minimum absolute atomic E-state index is 0.0469. The second-order valence-corrected chi connectivity index (χ2v) is 4.45. The van der Waals surface area contributed by atoms with E-state index in [-0.39, 0.29) is 12.8 Å². The molecule has 1 aromatic heterocycles. The highest BCUT2D eigenvalue weighted by Crippen LogP contribution is 2.08. The van der Waals surface area contributed by atoms with Gasteiger partial charge in [0.25, 0.3) is 5.91 Å². The highest BCUT2D eigenvalue weighted by atomic mass is 16.4. The van der Waals surface area contributed by atoms with Gasteiger partial charge in [-0.3, -0.25) is 14.6 Å². The summed E-state index contributed by atoms with van der Waals surface area (Å²) in [4.78, 5) is 37.9. The first-order valence-corrected chi connectivity index (χ1v) is 6.07. The number of carboxylic acid groups (broad SMARTS) is 1. The first-order valence-electron chi connectivity index (χ1n) is 6.07. The van der Waals surface area contributed by atoms with E-state index in [9.17, 15) is 14.4 Å². The van der Waals surface area contributed by atoms with Gasteiger partial charge < -0.3 is 16.2 Å². The van der Waals surface area contributed by atoms with E-state index in [0.29, 0.717) is 11.3 Å². The zero-order chi connectivity index (χ0) is 15.3. The Morgan fingerprint density at radius 2 is 2.00 bits per heavy atom. The molecule has 0 bridgehead atoms. The summed E-state index contributed by atoms with van der Waals surface area (Å²) in [6.07, 6.45) is -0.156. The van der Waals surface area contributed by atoms with Gasteiger partial charge in [0.05, 0.1) is 11.3 Å². The predicted molar refractivity (Wildman–Crippen MR) is 71.0 cm³/mol. The molecule has 0 aliphatic carbocycles. The Kier molecular flexibility index (Phi) is 5.19. The van der Waals surface area contributed by atoms with E-state index in [2.05, 4.69) is 10.3 Å². The fraction of sp³-hybridized carbons (Fsp3) is 0.385. The minimum Gasteiger partial charge on any atom is -0.480 e. The lowest BCUT2D eigenvalue weighted by molar-refractivity contribution is -0.139. The van der Waals surface area contributed by atoms with Crippen molar-refractivity contribution in [2.75, 3.05) is 0 Å². The summed E-state index contributed by atoms with van der Waals surface area (Å²) in [6.45, 7) is 3.46. The maximum atomic E-state index is 12.0. The molecule has 0 unspecified atom stereocenters. The van der Waals surface area contributed by atoms with Gasteiger partial charge in [-0.15, -0.1) is 0 Å². The van der Waals surface area contributed by atoms with Crippen molar-refractivity contribution >= 4 is 17.8 Å². The van der Waals surface area contributed by atoms with Gasteiger partial charge in [0, 0.05) is 12.1 Å². The van der Waals surface area contributed by atoms with E-state index in [1.807, 2.05) is 0 Å². The van der Waals surface area contributed by atoms with Crippen LogP contribution in [0.15, 0.2) is 12.1 Å². The average molecular weight is 279 g/mol. The molecular weight excluding hydrogens is 262 g/mol. The quantitative estimate of drug-likeness (QED) is 0.684. The Hall–Kier alpha value is -2.44. The number of hydrogen-bond donors (Lipinski definition) is 3. The zero-order valence-corrected chi connectivity index (χ0v) is 11.3. The smallest absolute Gasteiger partial charge is 0.326 e. The molecule has 2 amide bonds. The summed E-state index contributed by atoms with van der Waals surface area (Å²) in [5.41, 5.74) is 6.56. The maximum absolute atomic E-state index is 12.0. The number of aromatic nitrogens is 1. The van der Waals surface area contributed by atoms with Gasteiger partial charge in [0.1, 0.15) is 6.04 Å². The number of amides is 2. The summed E-state index contributed by atoms with van der Waals surface area (Å²) in [6, 6.07) is 2.09. The van der Waals surface area contributed by atoms with Crippen molar-refractivity contribution in [1.82, 2.24) is 10.3 Å². The van der Waals surface area contributed by atoms with Gasteiger partial charge in [-0.25, -0.2) is 4.79 Å². The van der Waals surface area contributed by atoms with Crippen molar-refractivity contribution in [3.63, 3.8) is 0 Å². The van der Waals surface area contributed by atoms with Crippen LogP contribution in [-0.4, -0.2) is 33.9 Å². The number of pyridine rings is 1. The van der Waals surface area contributed by atoms with Gasteiger partial charge in [-0.1, -0.05) is 0 Å². The van der Waals surface area contributed by atoms with E-state index >= 15 is 0 Å². The topological polar surface area (TPSA) is 122 Å². The molecule has 4 N–H and O–H groups in total. The molecule has 0 spiro atoms. The van der Waals surface area contributed by atoms with Crippen molar-refractivity contribution in [3.05, 3.63) is 29.1 Å². The Morgan fingerprint density at radius 1 is 1.35 bits per heavy atom. The summed E-state index contributed by atoms with van der Waals surface area (Å²) in [5.74, 6) is -2.36. The number of carboxylic acids is 1. The van der Waals surface area contributed by atoms with Crippen LogP contribution in [0.2, 0.25) is 0 Å². The normalized spacial score (nSPS) is 11.7. The van der Waals surface area contributed by atoms with Crippen molar-refractivity contribution in [1.29, 1.82) is 0 Å². The van der Waals surface area contributed by atoms with Crippen LogP contribution in [0.1, 0.15) is 34.6 Å². The van der Waals surface area contributed by atoms with Gasteiger partial charge in [-0.05, 0) is 32.4 Å². The standard InChI is InChI=1S/C13H17N3O4/c1-7-3-4-9(8(2)15-7)12(18)16-10(13(19)20)5-6-11(14)17/h3-4,10H,5-6H2,1-2H3,(H2,14,17)(H,16,18)(H,19,20)/t10-/m1/s1. The highest BCUT2D eigenvalue weighted by Gasteiger charge is 2.22. The molecule has 108 valence electrons. The fourth-order valence-electron chi connectivity index (χ4n) is 1.71. The van der Waals surface area contributed by atoms with E-state index in [1.165, 1.54) is 0 Å². The fourth-order valence-corrected chi connectivity index (χ4v) is 1.71. The lowest BCUT2D eigenvalue weighted by Crippen LogP contribution is -2.41. The Labute approximate surface area is 116 Å². The minimum atomic E-state index is -1.21. The maximum Gasteiger partial charge on any atom is 0.326 e. The van der Waals surface area contributed by atoms with Crippen LogP contribution in [0, 0.1) is 13.8 Å². The summed E-state index contributed by atoms with van der Waals surface area (Å²) < 4.78 is 0. The number of nitrogens with two attached hydrogens (primary N) is 1. The van der Waals surface area contributed by atoms with Crippen LogP contribution in [-0.2, 0) is 9.59 Å². The number of nitrogens with one attached hydrogen (secondary N) is 1. The molecule has 0 radical (unpaired) electrons. The molecule has 20 heavy (non-hydrogen) atoms. The molecule has 0 aliphatic heterocycles. The van der Waals surface area contributed by atoms with Crippen molar-refractivity contribution < 1.29 is 19.5 Å². The summed E-state index contributed by atoms with van der Waals surface area (Å²) in [7, 11) is 0. The zero-order valence-electron chi connectivity index (χ0n) is 11.3. The number of primary amides is 1. The van der Waals surface area contributed by atoms with E-state index in [4.69, 9.17) is 10.8 Å². The molecule has 1 rings (SSSR count). The number of rotatable bonds is 6.